The summed E-state index contributed by atoms with van der Waals surface area (Å²) in [5.74, 6) is -5.82. The summed E-state index contributed by atoms with van der Waals surface area (Å²) in [6, 6.07) is 15.4. The summed E-state index contributed by atoms with van der Waals surface area (Å²) < 4.78 is 43.9. The van der Waals surface area contributed by atoms with Gasteiger partial charge >= 0.3 is 6.18 Å². The maximum absolute atomic E-state index is 14.6. The second-order valence-corrected chi connectivity index (χ2v) is 11.6. The lowest BCUT2D eigenvalue weighted by Crippen LogP contribution is -2.66. The molecule has 1 aliphatic rings. The molecule has 13 heteroatoms. The van der Waals surface area contributed by atoms with Crippen LogP contribution in [-0.4, -0.2) is 34.5 Å². The number of nitriles is 1. The lowest BCUT2D eigenvalue weighted by molar-refractivity contribution is -0.285. The SMILES string of the molecule is Cc1ccc(NC(=O)CSC2=C(C#N)C(c3ccccc3Cl)C(C(=O)c3cccs3)C(O)(C(F)(F)F)N2)cc1Cl. The number of carbonyl (C=O) groups excluding carboxylic acids is 2. The van der Waals surface area contributed by atoms with Crippen molar-refractivity contribution >= 4 is 63.7 Å². The van der Waals surface area contributed by atoms with Gasteiger partial charge in [-0.25, -0.2) is 0 Å². The number of amides is 1. The molecule has 40 heavy (non-hydrogen) atoms. The van der Waals surface area contributed by atoms with Gasteiger partial charge in [0.25, 0.3) is 0 Å². The van der Waals surface area contributed by atoms with Gasteiger partial charge in [0.2, 0.25) is 11.6 Å². The molecule has 3 unspecified atom stereocenters. The highest BCUT2D eigenvalue weighted by Gasteiger charge is 2.66. The first kappa shape index (κ1) is 30.0. The molecular formula is C27H20Cl2F3N3O3S2. The van der Waals surface area contributed by atoms with E-state index in [9.17, 15) is 33.1 Å². The molecule has 208 valence electrons. The van der Waals surface area contributed by atoms with Gasteiger partial charge in [0, 0.05) is 21.7 Å². The second kappa shape index (κ2) is 11.8. The van der Waals surface area contributed by atoms with Gasteiger partial charge < -0.3 is 15.7 Å². The smallest absolute Gasteiger partial charge is 0.363 e. The van der Waals surface area contributed by atoms with Crippen molar-refractivity contribution in [3.05, 3.63) is 96.6 Å². The molecule has 4 rings (SSSR count). The summed E-state index contributed by atoms with van der Waals surface area (Å²) in [5.41, 5.74) is -2.85. The van der Waals surface area contributed by atoms with E-state index in [1.54, 1.807) is 25.1 Å². The van der Waals surface area contributed by atoms with Gasteiger partial charge in [-0.3, -0.25) is 9.59 Å². The lowest BCUT2D eigenvalue weighted by atomic mass is 9.70. The van der Waals surface area contributed by atoms with E-state index in [2.05, 4.69) is 5.32 Å². The number of thioether (sulfide) groups is 1. The Morgan fingerprint density at radius 1 is 1.18 bits per heavy atom. The van der Waals surface area contributed by atoms with E-state index in [4.69, 9.17) is 23.2 Å². The van der Waals surface area contributed by atoms with Gasteiger partial charge in [0.1, 0.15) is 0 Å². The number of rotatable bonds is 7. The highest BCUT2D eigenvalue weighted by atomic mass is 35.5. The van der Waals surface area contributed by atoms with Gasteiger partial charge in [-0.2, -0.15) is 18.4 Å². The average molecular weight is 627 g/mol. The predicted molar refractivity (Wildman–Crippen MR) is 150 cm³/mol. The normalized spacial score (nSPS) is 20.9. The molecule has 0 saturated carbocycles. The van der Waals surface area contributed by atoms with E-state index in [1.807, 2.05) is 11.4 Å². The first-order chi connectivity index (χ1) is 18.9. The van der Waals surface area contributed by atoms with Crippen LogP contribution in [0.2, 0.25) is 10.0 Å². The van der Waals surface area contributed by atoms with Crippen LogP contribution in [0.4, 0.5) is 18.9 Å². The minimum atomic E-state index is -5.36. The number of nitrogens with one attached hydrogen (secondary N) is 2. The van der Waals surface area contributed by atoms with Crippen LogP contribution >= 0.6 is 46.3 Å². The molecule has 2 heterocycles. The Morgan fingerprint density at radius 2 is 1.90 bits per heavy atom. The van der Waals surface area contributed by atoms with E-state index in [0.717, 1.165) is 16.9 Å². The standard InChI is InChI=1S/C27H20Cl2F3N3O3S2/c1-14-8-9-15(11-19(14)29)34-21(36)13-40-25-17(12-33)22(16-5-2-3-6-18(16)28)23(24(37)20-7-4-10-39-20)26(38,35-25)27(30,31)32/h2-11,22-23,35,38H,13H2,1H3,(H,34,36). The molecule has 0 fully saturated rings. The highest BCUT2D eigenvalue weighted by molar-refractivity contribution is 8.03. The molecule has 1 aliphatic heterocycles. The summed E-state index contributed by atoms with van der Waals surface area (Å²) in [6.45, 7) is 1.78. The summed E-state index contributed by atoms with van der Waals surface area (Å²) in [6.07, 6.45) is -5.36. The zero-order valence-electron chi connectivity index (χ0n) is 20.6. The zero-order chi connectivity index (χ0) is 29.2. The number of carbonyl (C=O) groups is 2. The number of hydrogen-bond donors (Lipinski definition) is 3. The second-order valence-electron chi connectivity index (χ2n) is 8.86. The Morgan fingerprint density at radius 3 is 2.50 bits per heavy atom. The lowest BCUT2D eigenvalue weighted by Gasteiger charge is -2.45. The maximum Gasteiger partial charge on any atom is 0.437 e. The molecule has 0 saturated heterocycles. The Labute approximate surface area is 245 Å². The molecule has 3 aromatic rings. The molecule has 3 N–H and O–H groups in total. The van der Waals surface area contributed by atoms with Crippen LogP contribution in [0.25, 0.3) is 0 Å². The van der Waals surface area contributed by atoms with Crippen molar-refractivity contribution in [2.24, 2.45) is 5.92 Å². The fourth-order valence-corrected chi connectivity index (χ4v) is 6.37. The fourth-order valence-electron chi connectivity index (χ4n) is 4.33. The molecule has 2 aromatic carbocycles. The third kappa shape index (κ3) is 5.87. The van der Waals surface area contributed by atoms with Crippen molar-refractivity contribution in [2.45, 2.75) is 24.7 Å². The van der Waals surface area contributed by atoms with Crippen molar-refractivity contribution in [1.82, 2.24) is 5.32 Å². The average Bonchev–Trinajstić information content (AvgIpc) is 3.44. The van der Waals surface area contributed by atoms with Crippen LogP contribution in [0.3, 0.4) is 0 Å². The predicted octanol–water partition coefficient (Wildman–Crippen LogP) is 6.91. The van der Waals surface area contributed by atoms with Gasteiger partial charge in [-0.05, 0) is 47.7 Å². The molecule has 6 nitrogen and oxygen atoms in total. The van der Waals surface area contributed by atoms with Crippen molar-refractivity contribution in [2.75, 3.05) is 11.1 Å². The minimum absolute atomic E-state index is 0.00833. The van der Waals surface area contributed by atoms with Gasteiger partial charge in [0.15, 0.2) is 5.78 Å². The van der Waals surface area contributed by atoms with E-state index in [1.165, 1.54) is 41.8 Å². The number of aryl methyl sites for hydroxylation is 1. The highest BCUT2D eigenvalue weighted by Crippen LogP contribution is 2.52. The van der Waals surface area contributed by atoms with E-state index < -0.39 is 46.2 Å². The molecule has 0 radical (unpaired) electrons. The van der Waals surface area contributed by atoms with Crippen LogP contribution in [0.5, 0.6) is 0 Å². The number of benzene rings is 2. The van der Waals surface area contributed by atoms with Crippen LogP contribution in [-0.2, 0) is 4.79 Å². The number of ketones is 1. The molecular weight excluding hydrogens is 606 g/mol. The van der Waals surface area contributed by atoms with Crippen LogP contribution in [0.15, 0.2) is 70.6 Å². The molecule has 0 aliphatic carbocycles. The Balaban J connectivity index is 1.78. The first-order valence-corrected chi connectivity index (χ1v) is 14.2. The Kier molecular flexibility index (Phi) is 8.87. The summed E-state index contributed by atoms with van der Waals surface area (Å²) in [7, 11) is 0. The number of thiophene rings is 1. The summed E-state index contributed by atoms with van der Waals surface area (Å²) >= 11 is 14.0. The quantitative estimate of drug-likeness (QED) is 0.247. The van der Waals surface area contributed by atoms with Gasteiger partial charge in [0.05, 0.1) is 33.2 Å². The van der Waals surface area contributed by atoms with Gasteiger partial charge in [-0.1, -0.05) is 65.3 Å². The third-order valence-electron chi connectivity index (χ3n) is 6.29. The van der Waals surface area contributed by atoms with E-state index >= 15 is 0 Å². The maximum atomic E-state index is 14.6. The zero-order valence-corrected chi connectivity index (χ0v) is 23.7. The van der Waals surface area contributed by atoms with Crippen molar-refractivity contribution < 1.29 is 27.9 Å². The fraction of sp³-hybridized carbons (Fsp3) is 0.222. The number of nitrogens with zero attached hydrogens (tertiary/aromatic N) is 1. The van der Waals surface area contributed by atoms with Crippen LogP contribution in [0.1, 0.15) is 26.7 Å². The number of Topliss-reactive ketones (excluding diaryl/α,β-unsaturated/α-hetero) is 1. The topological polar surface area (TPSA) is 102 Å². The Bertz CT molecular complexity index is 1520. The molecule has 1 amide bonds. The third-order valence-corrected chi connectivity index (χ3v) is 8.94. The van der Waals surface area contributed by atoms with Crippen LogP contribution < -0.4 is 10.6 Å². The minimum Gasteiger partial charge on any atom is -0.363 e. The number of hydrogen-bond acceptors (Lipinski definition) is 7. The summed E-state index contributed by atoms with van der Waals surface area (Å²) in [4.78, 5) is 26.2. The molecule has 1 aromatic heterocycles. The van der Waals surface area contributed by atoms with Crippen molar-refractivity contribution in [3.8, 4) is 6.07 Å². The monoisotopic (exact) mass is 625 g/mol. The van der Waals surface area contributed by atoms with E-state index in [0.29, 0.717) is 22.5 Å². The number of anilines is 1. The number of aliphatic hydroxyl groups is 1. The van der Waals surface area contributed by atoms with Crippen molar-refractivity contribution in [3.63, 3.8) is 0 Å². The van der Waals surface area contributed by atoms with E-state index in [-0.39, 0.29) is 21.0 Å². The number of allylic oxidation sites excluding steroid dienone is 1. The largest absolute Gasteiger partial charge is 0.437 e. The van der Waals surface area contributed by atoms with Gasteiger partial charge in [-0.15, -0.1) is 11.3 Å². The molecule has 0 bridgehead atoms. The van der Waals surface area contributed by atoms with Crippen molar-refractivity contribution in [1.29, 1.82) is 5.26 Å². The summed E-state index contributed by atoms with van der Waals surface area (Å²) in [5, 5.41) is 27.5. The molecule has 0 spiro atoms. The first-order valence-electron chi connectivity index (χ1n) is 11.6. The molecule has 3 atom stereocenters. The number of alkyl halides is 3. The van der Waals surface area contributed by atoms with Crippen LogP contribution in [0, 0.1) is 24.2 Å². The Hall–Kier alpha value is -3.01. The number of halogens is 5.